The second kappa shape index (κ2) is 11.1. The number of hydrogen-bond donors (Lipinski definition) is 2. The molecule has 1 aliphatic heterocycles. The van der Waals surface area contributed by atoms with Gasteiger partial charge < -0.3 is 20.4 Å². The van der Waals surface area contributed by atoms with E-state index in [0.29, 0.717) is 40.7 Å². The summed E-state index contributed by atoms with van der Waals surface area (Å²) >= 11 is 6.07. The molecule has 0 spiro atoms. The second-order valence-corrected chi connectivity index (χ2v) is 8.54. The van der Waals surface area contributed by atoms with Crippen molar-refractivity contribution in [2.45, 2.75) is 13.5 Å². The molecular weight excluding hydrogens is 450 g/mol. The van der Waals surface area contributed by atoms with Gasteiger partial charge >= 0.3 is 0 Å². The normalized spacial score (nSPS) is 13.4. The highest BCUT2D eigenvalue weighted by molar-refractivity contribution is 6.31. The fourth-order valence-electron chi connectivity index (χ4n) is 3.93. The van der Waals surface area contributed by atoms with Gasteiger partial charge in [-0.15, -0.1) is 0 Å². The third-order valence-corrected chi connectivity index (χ3v) is 5.99. The molecule has 1 saturated heterocycles. The number of nitrogens with one attached hydrogen (secondary N) is 2. The van der Waals surface area contributed by atoms with Gasteiger partial charge in [0.1, 0.15) is 0 Å². The lowest BCUT2D eigenvalue weighted by Crippen LogP contribution is -2.44. The molecule has 34 heavy (non-hydrogen) atoms. The molecule has 2 amide bonds. The monoisotopic (exact) mass is 477 g/mol. The van der Waals surface area contributed by atoms with Crippen LogP contribution < -0.4 is 15.5 Å². The molecule has 7 nitrogen and oxygen atoms in total. The Hall–Kier alpha value is -3.42. The topological polar surface area (TPSA) is 77.6 Å². The molecular formula is C26H28ClN5O2. The number of rotatable bonds is 7. The van der Waals surface area contributed by atoms with E-state index in [4.69, 9.17) is 11.6 Å². The van der Waals surface area contributed by atoms with Gasteiger partial charge in [0, 0.05) is 56.1 Å². The van der Waals surface area contributed by atoms with Crippen molar-refractivity contribution in [3.8, 4) is 0 Å². The van der Waals surface area contributed by atoms with Gasteiger partial charge in [-0.3, -0.25) is 9.59 Å². The molecule has 0 bridgehead atoms. The van der Waals surface area contributed by atoms with Gasteiger partial charge in [0.2, 0.25) is 0 Å². The van der Waals surface area contributed by atoms with Crippen molar-refractivity contribution in [3.05, 3.63) is 88.6 Å². The van der Waals surface area contributed by atoms with Gasteiger partial charge in [0.05, 0.1) is 11.3 Å². The largest absolute Gasteiger partial charge is 0.352 e. The van der Waals surface area contributed by atoms with E-state index in [0.717, 1.165) is 31.7 Å². The van der Waals surface area contributed by atoms with Crippen molar-refractivity contribution < 1.29 is 9.59 Å². The zero-order valence-electron chi connectivity index (χ0n) is 19.1. The van der Waals surface area contributed by atoms with E-state index in [1.807, 2.05) is 37.3 Å². The summed E-state index contributed by atoms with van der Waals surface area (Å²) in [6.07, 6.45) is 1.60. The molecule has 3 aromatic rings. The number of carbonyl (C=O) groups is 2. The summed E-state index contributed by atoms with van der Waals surface area (Å²) in [5.41, 5.74) is 2.43. The van der Waals surface area contributed by atoms with Gasteiger partial charge in [0.15, 0.2) is 5.82 Å². The Morgan fingerprint density at radius 3 is 2.53 bits per heavy atom. The average molecular weight is 478 g/mol. The predicted molar refractivity (Wildman–Crippen MR) is 136 cm³/mol. The van der Waals surface area contributed by atoms with Gasteiger partial charge in [-0.2, -0.15) is 0 Å². The predicted octanol–water partition coefficient (Wildman–Crippen LogP) is 4.06. The lowest BCUT2D eigenvalue weighted by atomic mass is 10.1. The molecule has 4 rings (SSSR count). The molecule has 0 unspecified atom stereocenters. The maximum atomic E-state index is 13.4. The van der Waals surface area contributed by atoms with Crippen LogP contribution in [0.3, 0.4) is 0 Å². The first-order chi connectivity index (χ1) is 16.5. The zero-order valence-corrected chi connectivity index (χ0v) is 19.9. The highest BCUT2D eigenvalue weighted by atomic mass is 35.5. The van der Waals surface area contributed by atoms with Crippen LogP contribution in [-0.2, 0) is 6.54 Å². The van der Waals surface area contributed by atoms with Crippen molar-refractivity contribution in [2.75, 3.05) is 42.9 Å². The number of carbonyl (C=O) groups excluding carboxylic acids is 2. The Labute approximate surface area is 204 Å². The quantitative estimate of drug-likeness (QED) is 0.536. The number of amides is 2. The molecule has 1 aromatic heterocycles. The molecule has 0 atom stereocenters. The molecule has 8 heteroatoms. The number of benzene rings is 2. The molecule has 2 N–H and O–H groups in total. The van der Waals surface area contributed by atoms with E-state index in [1.54, 1.807) is 41.4 Å². The molecule has 1 fully saturated rings. The summed E-state index contributed by atoms with van der Waals surface area (Å²) in [6, 6.07) is 18.4. The SMILES string of the molecule is CCN(Cc1ccccc1)C(=O)c1cnc(N2CCNCC2)c(NC(=O)c2cccc(Cl)c2)c1. The number of hydrogen-bond acceptors (Lipinski definition) is 5. The van der Waals surface area contributed by atoms with Gasteiger partial charge in [-0.1, -0.05) is 48.0 Å². The van der Waals surface area contributed by atoms with Crippen LogP contribution in [0.4, 0.5) is 11.5 Å². The molecule has 0 radical (unpaired) electrons. The maximum Gasteiger partial charge on any atom is 0.255 e. The van der Waals surface area contributed by atoms with Gasteiger partial charge in [0.25, 0.3) is 11.8 Å². The van der Waals surface area contributed by atoms with E-state index < -0.39 is 0 Å². The van der Waals surface area contributed by atoms with Crippen LogP contribution in [0.25, 0.3) is 0 Å². The van der Waals surface area contributed by atoms with Crippen LogP contribution in [-0.4, -0.2) is 54.4 Å². The van der Waals surface area contributed by atoms with E-state index in [1.165, 1.54) is 0 Å². The number of halogens is 1. The Bertz CT molecular complexity index is 1150. The van der Waals surface area contributed by atoms with E-state index >= 15 is 0 Å². The van der Waals surface area contributed by atoms with Crippen LogP contribution in [0.15, 0.2) is 66.9 Å². The Morgan fingerprint density at radius 2 is 1.82 bits per heavy atom. The molecule has 176 valence electrons. The first-order valence-electron chi connectivity index (χ1n) is 11.4. The summed E-state index contributed by atoms with van der Waals surface area (Å²) in [6.45, 7) is 6.17. The van der Waals surface area contributed by atoms with Crippen molar-refractivity contribution in [1.29, 1.82) is 0 Å². The van der Waals surface area contributed by atoms with Crippen molar-refractivity contribution in [1.82, 2.24) is 15.2 Å². The third-order valence-electron chi connectivity index (χ3n) is 5.75. The second-order valence-electron chi connectivity index (χ2n) is 8.10. The average Bonchev–Trinajstić information content (AvgIpc) is 2.88. The molecule has 2 aromatic carbocycles. The maximum absolute atomic E-state index is 13.4. The summed E-state index contributed by atoms with van der Waals surface area (Å²) in [4.78, 5) is 34.8. The lowest BCUT2D eigenvalue weighted by Gasteiger charge is -2.30. The summed E-state index contributed by atoms with van der Waals surface area (Å²) in [5.74, 6) is 0.213. The number of anilines is 2. The Balaban J connectivity index is 1.63. The van der Waals surface area contributed by atoms with Gasteiger partial charge in [-0.25, -0.2) is 4.98 Å². The minimum atomic E-state index is -0.304. The summed E-state index contributed by atoms with van der Waals surface area (Å²) < 4.78 is 0. The van der Waals surface area contributed by atoms with E-state index in [9.17, 15) is 9.59 Å². The number of nitrogens with zero attached hydrogens (tertiary/aromatic N) is 3. The third kappa shape index (κ3) is 5.73. The molecule has 0 saturated carbocycles. The minimum absolute atomic E-state index is 0.135. The van der Waals surface area contributed by atoms with Crippen molar-refractivity contribution in [3.63, 3.8) is 0 Å². The first-order valence-corrected chi connectivity index (χ1v) is 11.8. The Morgan fingerprint density at radius 1 is 1.06 bits per heavy atom. The number of pyridine rings is 1. The van der Waals surface area contributed by atoms with Crippen LogP contribution in [0.2, 0.25) is 5.02 Å². The summed E-state index contributed by atoms with van der Waals surface area (Å²) in [5, 5.41) is 6.76. The zero-order chi connectivity index (χ0) is 23.9. The lowest BCUT2D eigenvalue weighted by molar-refractivity contribution is 0.0752. The Kier molecular flexibility index (Phi) is 7.77. The highest BCUT2D eigenvalue weighted by Gasteiger charge is 2.22. The molecule has 1 aliphatic rings. The standard InChI is InChI=1S/C26H28ClN5O2/c1-2-31(18-19-7-4-3-5-8-19)26(34)21-16-23(24(29-17-21)32-13-11-28-12-14-32)30-25(33)20-9-6-10-22(27)15-20/h3-10,15-17,28H,2,11-14,18H2,1H3,(H,30,33). The summed E-state index contributed by atoms with van der Waals surface area (Å²) in [7, 11) is 0. The van der Waals surface area contributed by atoms with Crippen molar-refractivity contribution in [2.24, 2.45) is 0 Å². The van der Waals surface area contributed by atoms with Crippen molar-refractivity contribution >= 4 is 34.9 Å². The van der Waals surface area contributed by atoms with Crippen LogP contribution in [0.1, 0.15) is 33.2 Å². The number of piperazine rings is 1. The van der Waals surface area contributed by atoms with Crippen LogP contribution in [0, 0.1) is 0 Å². The highest BCUT2D eigenvalue weighted by Crippen LogP contribution is 2.27. The van der Waals surface area contributed by atoms with Gasteiger partial charge in [-0.05, 0) is 36.8 Å². The fraction of sp³-hybridized carbons (Fsp3) is 0.269. The van der Waals surface area contributed by atoms with E-state index in [2.05, 4.69) is 20.5 Å². The molecule has 2 heterocycles. The first kappa shape index (κ1) is 23.7. The minimum Gasteiger partial charge on any atom is -0.352 e. The fourth-order valence-corrected chi connectivity index (χ4v) is 4.12. The van der Waals surface area contributed by atoms with E-state index in [-0.39, 0.29) is 11.8 Å². The van der Waals surface area contributed by atoms with Crippen LogP contribution in [0.5, 0.6) is 0 Å². The number of aromatic nitrogens is 1. The smallest absolute Gasteiger partial charge is 0.255 e. The molecule has 0 aliphatic carbocycles. The van der Waals surface area contributed by atoms with Crippen LogP contribution >= 0.6 is 11.6 Å².